The largest absolute Gasteiger partial charge is 1.00 e. The van der Waals surface area contributed by atoms with Gasteiger partial charge in [0.2, 0.25) is 0 Å². The SMILES string of the molecule is Cc1cccc(/C=C/[B-](F)(F)F)c1O.[K+]. The summed E-state index contributed by atoms with van der Waals surface area (Å²) in [6, 6.07) is 4.66. The fourth-order valence-corrected chi connectivity index (χ4v) is 1.03. The number of rotatable bonds is 2. The Labute approximate surface area is 129 Å². The van der Waals surface area contributed by atoms with Gasteiger partial charge < -0.3 is 18.1 Å². The molecular formula is C9H9BF3KO. The van der Waals surface area contributed by atoms with E-state index in [1.54, 1.807) is 19.1 Å². The number of phenols is 1. The average Bonchev–Trinajstić information content (AvgIpc) is 2.06. The van der Waals surface area contributed by atoms with E-state index in [-0.39, 0.29) is 68.7 Å². The molecule has 0 aromatic heterocycles. The van der Waals surface area contributed by atoms with E-state index in [2.05, 4.69) is 0 Å². The normalized spacial score (nSPS) is 11.5. The number of hydrogen-bond donors (Lipinski definition) is 1. The summed E-state index contributed by atoms with van der Waals surface area (Å²) in [4.78, 5) is 0. The van der Waals surface area contributed by atoms with Gasteiger partial charge >= 0.3 is 58.4 Å². The predicted molar refractivity (Wildman–Crippen MR) is 51.0 cm³/mol. The van der Waals surface area contributed by atoms with Gasteiger partial charge in [0.1, 0.15) is 5.75 Å². The Morgan fingerprint density at radius 3 is 2.40 bits per heavy atom. The van der Waals surface area contributed by atoms with Crippen LogP contribution >= 0.6 is 0 Å². The Morgan fingerprint density at radius 2 is 1.87 bits per heavy atom. The van der Waals surface area contributed by atoms with Crippen LogP contribution < -0.4 is 51.4 Å². The van der Waals surface area contributed by atoms with Gasteiger partial charge in [-0.1, -0.05) is 24.3 Å². The summed E-state index contributed by atoms with van der Waals surface area (Å²) in [5, 5.41) is 9.38. The van der Waals surface area contributed by atoms with Gasteiger partial charge in [-0.3, -0.25) is 0 Å². The molecule has 1 N–H and O–H groups in total. The molecule has 0 fully saturated rings. The molecule has 15 heavy (non-hydrogen) atoms. The molecule has 0 saturated heterocycles. The fraction of sp³-hybridized carbons (Fsp3) is 0.111. The van der Waals surface area contributed by atoms with Crippen LogP contribution in [0.1, 0.15) is 11.1 Å². The summed E-state index contributed by atoms with van der Waals surface area (Å²) in [5.74, 6) is 0.0536. The smallest absolute Gasteiger partial charge is 0.507 e. The van der Waals surface area contributed by atoms with Crippen LogP contribution in [0.2, 0.25) is 0 Å². The van der Waals surface area contributed by atoms with E-state index in [0.29, 0.717) is 5.56 Å². The van der Waals surface area contributed by atoms with Gasteiger partial charge in [0, 0.05) is 5.56 Å². The first-order valence-corrected chi connectivity index (χ1v) is 4.08. The minimum absolute atomic E-state index is 0. The summed E-state index contributed by atoms with van der Waals surface area (Å²) in [6.07, 6.45) is 0.877. The second-order valence-corrected chi connectivity index (χ2v) is 3.00. The molecule has 0 saturated carbocycles. The molecule has 0 aliphatic rings. The molecule has 0 aliphatic carbocycles. The van der Waals surface area contributed by atoms with Gasteiger partial charge in [-0.25, -0.2) is 0 Å². The first-order valence-electron chi connectivity index (χ1n) is 4.08. The third-order valence-electron chi connectivity index (χ3n) is 1.76. The molecule has 1 aromatic carbocycles. The Hall–Kier alpha value is 0.251. The van der Waals surface area contributed by atoms with Crippen molar-refractivity contribution in [2.45, 2.75) is 6.92 Å². The molecule has 0 unspecified atom stereocenters. The van der Waals surface area contributed by atoms with Crippen molar-refractivity contribution in [2.24, 2.45) is 0 Å². The van der Waals surface area contributed by atoms with Crippen molar-refractivity contribution in [1.82, 2.24) is 0 Å². The first kappa shape index (κ1) is 15.3. The quantitative estimate of drug-likeness (QED) is 0.727. The van der Waals surface area contributed by atoms with Crippen LogP contribution in [0.5, 0.6) is 5.75 Å². The van der Waals surface area contributed by atoms with Gasteiger partial charge in [0.25, 0.3) is 0 Å². The van der Waals surface area contributed by atoms with Crippen molar-refractivity contribution in [3.8, 4) is 5.75 Å². The first-order chi connectivity index (χ1) is 6.40. The monoisotopic (exact) mass is 240 g/mol. The molecule has 0 spiro atoms. The van der Waals surface area contributed by atoms with E-state index < -0.39 is 6.98 Å². The average molecular weight is 240 g/mol. The fourth-order valence-electron chi connectivity index (χ4n) is 1.03. The maximum Gasteiger partial charge on any atom is 1.00 e. The van der Waals surface area contributed by atoms with Gasteiger partial charge in [0.15, 0.2) is 0 Å². The van der Waals surface area contributed by atoms with Crippen LogP contribution in [-0.4, -0.2) is 12.1 Å². The van der Waals surface area contributed by atoms with Crippen LogP contribution in [0.3, 0.4) is 0 Å². The molecule has 0 bridgehead atoms. The van der Waals surface area contributed by atoms with E-state index in [0.717, 1.165) is 6.08 Å². The van der Waals surface area contributed by atoms with Crippen molar-refractivity contribution in [3.63, 3.8) is 0 Å². The maximum atomic E-state index is 11.9. The van der Waals surface area contributed by atoms with Crippen molar-refractivity contribution < 1.29 is 69.4 Å². The summed E-state index contributed by atoms with van der Waals surface area (Å²) in [5.41, 5.74) is 0.742. The third kappa shape index (κ3) is 5.22. The van der Waals surface area contributed by atoms with E-state index >= 15 is 0 Å². The zero-order valence-electron chi connectivity index (χ0n) is 8.55. The zero-order valence-corrected chi connectivity index (χ0v) is 11.7. The minimum atomic E-state index is -4.95. The molecule has 0 amide bonds. The van der Waals surface area contributed by atoms with E-state index in [4.69, 9.17) is 0 Å². The number of benzene rings is 1. The Bertz CT molecular complexity index is 363. The van der Waals surface area contributed by atoms with Crippen molar-refractivity contribution >= 4 is 13.1 Å². The Kier molecular flexibility index (Phi) is 6.20. The molecule has 0 heterocycles. The molecule has 0 aliphatic heterocycles. The van der Waals surface area contributed by atoms with Crippen molar-refractivity contribution in [1.29, 1.82) is 0 Å². The van der Waals surface area contributed by atoms with Crippen molar-refractivity contribution in [3.05, 3.63) is 35.3 Å². The molecule has 76 valence electrons. The van der Waals surface area contributed by atoms with Crippen LogP contribution in [0.25, 0.3) is 6.08 Å². The molecule has 0 atom stereocenters. The summed E-state index contributed by atoms with van der Waals surface area (Å²) in [6.45, 7) is -3.32. The second-order valence-electron chi connectivity index (χ2n) is 3.00. The number of halogens is 3. The van der Waals surface area contributed by atoms with Gasteiger partial charge in [-0.05, 0) is 12.5 Å². The Balaban J connectivity index is 0.00000196. The summed E-state index contributed by atoms with van der Waals surface area (Å²) < 4.78 is 35.6. The Morgan fingerprint density at radius 1 is 1.27 bits per heavy atom. The third-order valence-corrected chi connectivity index (χ3v) is 1.76. The zero-order chi connectivity index (χ0) is 10.8. The molecular weight excluding hydrogens is 231 g/mol. The molecule has 1 nitrogen and oxygen atoms in total. The number of para-hydroxylation sites is 1. The van der Waals surface area contributed by atoms with Crippen LogP contribution in [-0.2, 0) is 0 Å². The standard InChI is InChI=1S/C9H9BF3O.K/c1-7-3-2-4-8(9(7)14)5-6-10(11,12)13;/h2-6,14H,1H3;/q-1;+1/b6-5+;. The topological polar surface area (TPSA) is 20.2 Å². The predicted octanol–water partition coefficient (Wildman–Crippen LogP) is 0.104. The van der Waals surface area contributed by atoms with Crippen LogP contribution in [0.4, 0.5) is 12.9 Å². The van der Waals surface area contributed by atoms with Crippen LogP contribution in [0, 0.1) is 6.92 Å². The van der Waals surface area contributed by atoms with Gasteiger partial charge in [-0.15, -0.1) is 5.98 Å². The van der Waals surface area contributed by atoms with E-state index in [9.17, 15) is 18.1 Å². The number of hydrogen-bond acceptors (Lipinski definition) is 1. The van der Waals surface area contributed by atoms with E-state index in [1.165, 1.54) is 6.07 Å². The molecule has 1 rings (SSSR count). The number of aromatic hydroxyl groups is 1. The number of aryl methyl sites for hydroxylation is 1. The minimum Gasteiger partial charge on any atom is -0.507 e. The van der Waals surface area contributed by atoms with Crippen molar-refractivity contribution in [2.75, 3.05) is 0 Å². The number of phenolic OH excluding ortho intramolecular Hbond substituents is 1. The van der Waals surface area contributed by atoms with Crippen LogP contribution in [0.15, 0.2) is 24.2 Å². The molecule has 1 aromatic rings. The second kappa shape index (κ2) is 6.10. The summed E-state index contributed by atoms with van der Waals surface area (Å²) in [7, 11) is 0. The molecule has 0 radical (unpaired) electrons. The molecule has 6 heteroatoms. The van der Waals surface area contributed by atoms with Gasteiger partial charge in [-0.2, -0.15) is 0 Å². The van der Waals surface area contributed by atoms with Gasteiger partial charge in [0.05, 0.1) is 0 Å². The van der Waals surface area contributed by atoms with E-state index in [1.807, 2.05) is 0 Å². The summed E-state index contributed by atoms with van der Waals surface area (Å²) >= 11 is 0. The maximum absolute atomic E-state index is 11.9.